The standard InChI is InChI=1S/C21H22O8/c1-23-13-4-10(5-14(24-2)19(13)25-3)17-11-6-16-21(29-9-27-16)18(22)12(11)7-15-20(17)28-8-26-15/h4-6,15,17,20,22H,7-9H2,1-3H3. The van der Waals surface area contributed by atoms with E-state index in [9.17, 15) is 5.11 Å². The third-order valence-electron chi connectivity index (χ3n) is 5.80. The lowest BCUT2D eigenvalue weighted by molar-refractivity contribution is 0.0378. The Kier molecular flexibility index (Phi) is 4.33. The van der Waals surface area contributed by atoms with Gasteiger partial charge in [-0.05, 0) is 29.3 Å². The van der Waals surface area contributed by atoms with Gasteiger partial charge in [0.25, 0.3) is 0 Å². The molecule has 1 saturated heterocycles. The highest BCUT2D eigenvalue weighted by Gasteiger charge is 2.45. The van der Waals surface area contributed by atoms with Crippen LogP contribution in [0.25, 0.3) is 0 Å². The van der Waals surface area contributed by atoms with E-state index in [2.05, 4.69) is 0 Å². The molecule has 2 aromatic carbocycles. The van der Waals surface area contributed by atoms with Crippen LogP contribution in [-0.4, -0.2) is 52.2 Å². The fraction of sp³-hybridized carbons (Fsp3) is 0.429. The van der Waals surface area contributed by atoms with Gasteiger partial charge in [-0.3, -0.25) is 0 Å². The maximum atomic E-state index is 10.9. The van der Waals surface area contributed by atoms with Crippen molar-refractivity contribution in [1.29, 1.82) is 0 Å². The number of phenolic OH excluding ortho intramolecular Hbond substituents is 1. The van der Waals surface area contributed by atoms with Gasteiger partial charge in [0.2, 0.25) is 18.3 Å². The van der Waals surface area contributed by atoms with Gasteiger partial charge < -0.3 is 38.3 Å². The number of ether oxygens (including phenoxy) is 7. The number of benzene rings is 2. The Morgan fingerprint density at radius 3 is 2.38 bits per heavy atom. The number of hydrogen-bond donors (Lipinski definition) is 1. The van der Waals surface area contributed by atoms with Crippen LogP contribution in [-0.2, 0) is 15.9 Å². The van der Waals surface area contributed by atoms with Crippen molar-refractivity contribution in [3.63, 3.8) is 0 Å². The molecule has 2 heterocycles. The Bertz CT molecular complexity index is 931. The van der Waals surface area contributed by atoms with Crippen LogP contribution < -0.4 is 23.7 Å². The molecule has 0 radical (unpaired) electrons. The van der Waals surface area contributed by atoms with E-state index in [1.807, 2.05) is 18.2 Å². The molecule has 0 spiro atoms. The molecular formula is C21H22O8. The van der Waals surface area contributed by atoms with Gasteiger partial charge in [0.15, 0.2) is 23.0 Å². The number of phenols is 1. The Labute approximate surface area is 167 Å². The number of methoxy groups -OCH3 is 3. The summed E-state index contributed by atoms with van der Waals surface area (Å²) in [7, 11) is 4.73. The average molecular weight is 402 g/mol. The van der Waals surface area contributed by atoms with Crippen LogP contribution in [0.4, 0.5) is 0 Å². The Balaban J connectivity index is 1.72. The second kappa shape index (κ2) is 6.89. The molecule has 0 saturated carbocycles. The predicted octanol–water partition coefficient (Wildman–Crippen LogP) is 2.58. The topological polar surface area (TPSA) is 84.8 Å². The molecule has 0 amide bonds. The van der Waals surface area contributed by atoms with E-state index < -0.39 is 0 Å². The van der Waals surface area contributed by atoms with E-state index in [0.717, 1.165) is 16.7 Å². The van der Waals surface area contributed by atoms with Gasteiger partial charge in [0.05, 0.1) is 33.5 Å². The molecule has 1 N–H and O–H groups in total. The summed E-state index contributed by atoms with van der Waals surface area (Å²) in [6, 6.07) is 5.73. The van der Waals surface area contributed by atoms with Gasteiger partial charge in [0, 0.05) is 17.9 Å². The number of rotatable bonds is 4. The van der Waals surface area contributed by atoms with Crippen LogP contribution in [0.5, 0.6) is 34.5 Å². The Morgan fingerprint density at radius 1 is 0.931 bits per heavy atom. The first-order chi connectivity index (χ1) is 14.2. The molecule has 1 fully saturated rings. The molecule has 3 aliphatic rings. The second-order valence-corrected chi connectivity index (χ2v) is 7.12. The largest absolute Gasteiger partial charge is 0.504 e. The normalized spacial score (nSPS) is 24.0. The molecule has 0 aromatic heterocycles. The summed E-state index contributed by atoms with van der Waals surface area (Å²) in [5.74, 6) is 2.40. The molecule has 3 atom stereocenters. The lowest BCUT2D eigenvalue weighted by atomic mass is 9.75. The van der Waals surface area contributed by atoms with Crippen LogP contribution in [0.2, 0.25) is 0 Å². The number of aromatic hydroxyl groups is 1. The minimum atomic E-state index is -0.222. The van der Waals surface area contributed by atoms with Crippen molar-refractivity contribution in [2.24, 2.45) is 0 Å². The first kappa shape index (κ1) is 18.2. The number of hydrogen-bond acceptors (Lipinski definition) is 8. The average Bonchev–Trinajstić information content (AvgIpc) is 3.40. The van der Waals surface area contributed by atoms with Crippen molar-refractivity contribution in [2.75, 3.05) is 34.9 Å². The van der Waals surface area contributed by atoms with Crippen molar-refractivity contribution in [1.82, 2.24) is 0 Å². The summed E-state index contributed by atoms with van der Waals surface area (Å²) in [6.45, 7) is 0.290. The SMILES string of the molecule is COc1cc(C2c3cc4c(c(O)c3CC3OCOC32)OCO4)cc(OC)c1OC. The number of fused-ring (bicyclic) bond motifs is 3. The van der Waals surface area contributed by atoms with Crippen molar-refractivity contribution >= 4 is 0 Å². The molecule has 154 valence electrons. The van der Waals surface area contributed by atoms with Crippen LogP contribution in [0.15, 0.2) is 18.2 Å². The van der Waals surface area contributed by atoms with Gasteiger partial charge in [-0.25, -0.2) is 0 Å². The predicted molar refractivity (Wildman–Crippen MR) is 100 cm³/mol. The first-order valence-corrected chi connectivity index (χ1v) is 9.33. The molecule has 8 heteroatoms. The van der Waals surface area contributed by atoms with E-state index in [-0.39, 0.29) is 37.5 Å². The Hall–Kier alpha value is -2.84. The van der Waals surface area contributed by atoms with E-state index >= 15 is 0 Å². The highest BCUT2D eigenvalue weighted by Crippen LogP contribution is 2.53. The molecule has 2 aromatic rings. The molecule has 8 nitrogen and oxygen atoms in total. The third-order valence-corrected chi connectivity index (χ3v) is 5.80. The summed E-state index contributed by atoms with van der Waals surface area (Å²) in [6.07, 6.45) is 0.131. The van der Waals surface area contributed by atoms with Gasteiger partial charge in [0.1, 0.15) is 6.79 Å². The minimum absolute atomic E-state index is 0.0838. The zero-order chi connectivity index (χ0) is 20.1. The monoisotopic (exact) mass is 402 g/mol. The third kappa shape index (κ3) is 2.67. The first-order valence-electron chi connectivity index (χ1n) is 9.33. The van der Waals surface area contributed by atoms with E-state index in [1.165, 1.54) is 0 Å². The van der Waals surface area contributed by atoms with Crippen molar-refractivity contribution in [3.05, 3.63) is 34.9 Å². The fourth-order valence-corrected chi connectivity index (χ4v) is 4.50. The summed E-state index contributed by atoms with van der Waals surface area (Å²) < 4.78 is 39.3. The van der Waals surface area contributed by atoms with Crippen molar-refractivity contribution in [3.8, 4) is 34.5 Å². The maximum absolute atomic E-state index is 10.9. The molecule has 2 aliphatic heterocycles. The summed E-state index contributed by atoms with van der Waals surface area (Å²) >= 11 is 0. The summed E-state index contributed by atoms with van der Waals surface area (Å²) in [4.78, 5) is 0. The molecule has 1 aliphatic carbocycles. The molecular weight excluding hydrogens is 380 g/mol. The van der Waals surface area contributed by atoms with Crippen LogP contribution in [0.1, 0.15) is 22.6 Å². The Morgan fingerprint density at radius 2 is 1.69 bits per heavy atom. The summed E-state index contributed by atoms with van der Waals surface area (Å²) in [5, 5.41) is 10.9. The maximum Gasteiger partial charge on any atom is 0.231 e. The van der Waals surface area contributed by atoms with Crippen LogP contribution in [0, 0.1) is 0 Å². The molecule has 5 rings (SSSR count). The van der Waals surface area contributed by atoms with Crippen LogP contribution >= 0.6 is 0 Å². The van der Waals surface area contributed by atoms with Crippen molar-refractivity contribution < 1.29 is 38.3 Å². The minimum Gasteiger partial charge on any atom is -0.504 e. The molecule has 0 bridgehead atoms. The fourth-order valence-electron chi connectivity index (χ4n) is 4.50. The smallest absolute Gasteiger partial charge is 0.231 e. The lowest BCUT2D eigenvalue weighted by Gasteiger charge is -2.34. The lowest BCUT2D eigenvalue weighted by Crippen LogP contribution is -2.37. The van der Waals surface area contributed by atoms with E-state index in [1.54, 1.807) is 21.3 Å². The van der Waals surface area contributed by atoms with E-state index in [4.69, 9.17) is 33.2 Å². The highest BCUT2D eigenvalue weighted by molar-refractivity contribution is 5.64. The van der Waals surface area contributed by atoms with Gasteiger partial charge in [-0.2, -0.15) is 0 Å². The highest BCUT2D eigenvalue weighted by atomic mass is 16.7. The molecule has 3 unspecified atom stereocenters. The van der Waals surface area contributed by atoms with Crippen molar-refractivity contribution in [2.45, 2.75) is 24.5 Å². The zero-order valence-electron chi connectivity index (χ0n) is 16.4. The van der Waals surface area contributed by atoms with Gasteiger partial charge in [-0.15, -0.1) is 0 Å². The summed E-state index contributed by atoms with van der Waals surface area (Å²) in [5.41, 5.74) is 2.59. The second-order valence-electron chi connectivity index (χ2n) is 7.12. The van der Waals surface area contributed by atoms with Gasteiger partial charge in [-0.1, -0.05) is 0 Å². The van der Waals surface area contributed by atoms with Gasteiger partial charge >= 0.3 is 0 Å². The van der Waals surface area contributed by atoms with Crippen LogP contribution in [0.3, 0.4) is 0 Å². The molecule has 29 heavy (non-hydrogen) atoms. The van der Waals surface area contributed by atoms with E-state index in [0.29, 0.717) is 35.2 Å². The zero-order valence-corrected chi connectivity index (χ0v) is 16.4. The quantitative estimate of drug-likeness (QED) is 0.835.